The van der Waals surface area contributed by atoms with Gasteiger partial charge in [-0.1, -0.05) is 13.8 Å². The van der Waals surface area contributed by atoms with E-state index in [1.165, 1.54) is 11.3 Å². The van der Waals surface area contributed by atoms with Gasteiger partial charge in [-0.25, -0.2) is 14.6 Å². The van der Waals surface area contributed by atoms with E-state index in [0.29, 0.717) is 12.5 Å². The molecule has 0 saturated carbocycles. The van der Waals surface area contributed by atoms with Gasteiger partial charge in [0.2, 0.25) is 0 Å². The van der Waals surface area contributed by atoms with E-state index in [9.17, 15) is 4.79 Å². The fourth-order valence-corrected chi connectivity index (χ4v) is 4.26. The maximum atomic E-state index is 13.0. The maximum absolute atomic E-state index is 13.0. The van der Waals surface area contributed by atoms with Crippen LogP contribution >= 0.6 is 11.3 Å². The molecule has 0 bridgehead atoms. The van der Waals surface area contributed by atoms with E-state index in [-0.39, 0.29) is 11.9 Å². The highest BCUT2D eigenvalue weighted by Gasteiger charge is 2.29. The first-order valence-corrected chi connectivity index (χ1v) is 9.34. The molecule has 1 aliphatic heterocycles. The van der Waals surface area contributed by atoms with Gasteiger partial charge < -0.3 is 4.90 Å². The SMILES string of the molecule is Cc1nc(C)n([C@@H]2CCCN(C(=O)c3sc(C(C)C)nc3C)C2)n1. The summed E-state index contributed by atoms with van der Waals surface area (Å²) in [5.41, 5.74) is 0.851. The Morgan fingerprint density at radius 3 is 2.58 bits per heavy atom. The van der Waals surface area contributed by atoms with Crippen molar-refractivity contribution in [3.8, 4) is 0 Å². The average molecular weight is 347 g/mol. The van der Waals surface area contributed by atoms with Crippen LogP contribution in [0.2, 0.25) is 0 Å². The summed E-state index contributed by atoms with van der Waals surface area (Å²) in [5.74, 6) is 2.17. The molecule has 130 valence electrons. The summed E-state index contributed by atoms with van der Waals surface area (Å²) in [5, 5.41) is 5.54. The molecule has 1 atom stereocenters. The van der Waals surface area contributed by atoms with Crippen molar-refractivity contribution in [1.29, 1.82) is 0 Å². The second kappa shape index (κ2) is 6.63. The molecule has 0 radical (unpaired) electrons. The first-order valence-electron chi connectivity index (χ1n) is 8.53. The summed E-state index contributed by atoms with van der Waals surface area (Å²) in [4.78, 5) is 24.7. The summed E-state index contributed by atoms with van der Waals surface area (Å²) in [6, 6.07) is 0.210. The Kier molecular flexibility index (Phi) is 4.71. The first kappa shape index (κ1) is 17.1. The van der Waals surface area contributed by atoms with Crippen molar-refractivity contribution >= 4 is 17.2 Å². The van der Waals surface area contributed by atoms with Crippen LogP contribution in [0.5, 0.6) is 0 Å². The van der Waals surface area contributed by atoms with E-state index in [2.05, 4.69) is 28.9 Å². The minimum atomic E-state index is 0.107. The number of piperidine rings is 1. The molecular formula is C17H25N5OS. The zero-order valence-electron chi connectivity index (χ0n) is 15.0. The molecule has 7 heteroatoms. The molecule has 1 fully saturated rings. The number of rotatable bonds is 3. The largest absolute Gasteiger partial charge is 0.336 e. The van der Waals surface area contributed by atoms with Crippen LogP contribution in [0.3, 0.4) is 0 Å². The minimum absolute atomic E-state index is 0.107. The molecule has 3 rings (SSSR count). The van der Waals surface area contributed by atoms with Crippen molar-refractivity contribution in [2.24, 2.45) is 0 Å². The number of amides is 1. The Labute approximate surface area is 146 Å². The van der Waals surface area contributed by atoms with Crippen LogP contribution in [-0.2, 0) is 0 Å². The molecule has 24 heavy (non-hydrogen) atoms. The van der Waals surface area contributed by atoms with E-state index in [4.69, 9.17) is 0 Å². The molecule has 1 amide bonds. The predicted molar refractivity (Wildman–Crippen MR) is 94.6 cm³/mol. The third kappa shape index (κ3) is 3.22. The third-order valence-corrected chi connectivity index (χ3v) is 5.88. The second-order valence-electron chi connectivity index (χ2n) is 6.82. The highest BCUT2D eigenvalue weighted by atomic mass is 32.1. The lowest BCUT2D eigenvalue weighted by molar-refractivity contribution is 0.0675. The Morgan fingerprint density at radius 2 is 2.00 bits per heavy atom. The Hall–Kier alpha value is -1.76. The van der Waals surface area contributed by atoms with Crippen molar-refractivity contribution in [3.05, 3.63) is 27.2 Å². The molecular weight excluding hydrogens is 322 g/mol. The zero-order valence-corrected chi connectivity index (χ0v) is 15.9. The average Bonchev–Trinajstić information content (AvgIpc) is 3.09. The highest BCUT2D eigenvalue weighted by molar-refractivity contribution is 7.13. The number of aryl methyl sites for hydroxylation is 3. The van der Waals surface area contributed by atoms with Gasteiger partial charge in [-0.15, -0.1) is 11.3 Å². The molecule has 6 nitrogen and oxygen atoms in total. The number of thiazole rings is 1. The number of hydrogen-bond acceptors (Lipinski definition) is 5. The normalized spacial score (nSPS) is 18.4. The summed E-state index contributed by atoms with van der Waals surface area (Å²) in [6.45, 7) is 11.5. The number of carbonyl (C=O) groups excluding carboxylic acids is 1. The first-order chi connectivity index (χ1) is 11.4. The molecule has 0 N–H and O–H groups in total. The summed E-state index contributed by atoms with van der Waals surface area (Å²) in [7, 11) is 0. The van der Waals surface area contributed by atoms with Gasteiger partial charge in [0, 0.05) is 19.0 Å². The van der Waals surface area contributed by atoms with Gasteiger partial charge >= 0.3 is 0 Å². The van der Waals surface area contributed by atoms with Crippen LogP contribution in [0.4, 0.5) is 0 Å². The van der Waals surface area contributed by atoms with Crippen LogP contribution < -0.4 is 0 Å². The predicted octanol–water partition coefficient (Wildman–Crippen LogP) is 3.26. The molecule has 2 aromatic heterocycles. The molecule has 1 aliphatic rings. The molecule has 0 unspecified atom stereocenters. The summed E-state index contributed by atoms with van der Waals surface area (Å²) in [6.07, 6.45) is 2.02. The second-order valence-corrected chi connectivity index (χ2v) is 7.85. The van der Waals surface area contributed by atoms with Crippen LogP contribution in [0.25, 0.3) is 0 Å². The van der Waals surface area contributed by atoms with Crippen molar-refractivity contribution in [2.75, 3.05) is 13.1 Å². The van der Waals surface area contributed by atoms with Gasteiger partial charge in [0.15, 0.2) is 0 Å². The van der Waals surface area contributed by atoms with Crippen molar-refractivity contribution in [3.63, 3.8) is 0 Å². The van der Waals surface area contributed by atoms with Crippen LogP contribution in [0, 0.1) is 20.8 Å². The van der Waals surface area contributed by atoms with Gasteiger partial charge in [0.05, 0.1) is 16.7 Å². The maximum Gasteiger partial charge on any atom is 0.265 e. The van der Waals surface area contributed by atoms with Gasteiger partial charge in [-0.2, -0.15) is 5.10 Å². The van der Waals surface area contributed by atoms with Gasteiger partial charge in [0.1, 0.15) is 16.5 Å². The fraction of sp³-hybridized carbons (Fsp3) is 0.647. The minimum Gasteiger partial charge on any atom is -0.336 e. The van der Waals surface area contributed by atoms with Crippen LogP contribution in [-0.4, -0.2) is 43.6 Å². The Bertz CT molecular complexity index is 748. The van der Waals surface area contributed by atoms with Crippen molar-refractivity contribution in [1.82, 2.24) is 24.6 Å². The molecule has 0 spiro atoms. The number of aromatic nitrogens is 4. The topological polar surface area (TPSA) is 63.9 Å². The highest BCUT2D eigenvalue weighted by Crippen LogP contribution is 2.28. The van der Waals surface area contributed by atoms with E-state index in [1.54, 1.807) is 0 Å². The number of nitrogens with zero attached hydrogens (tertiary/aromatic N) is 5. The van der Waals surface area contributed by atoms with Gasteiger partial charge in [0.25, 0.3) is 5.91 Å². The standard InChI is InChI=1S/C17H25N5OS/c1-10(2)16-18-11(3)15(24-16)17(23)21-8-6-7-14(9-21)22-13(5)19-12(4)20-22/h10,14H,6-9H2,1-5H3/t14-/m1/s1. The summed E-state index contributed by atoms with van der Waals surface area (Å²) < 4.78 is 1.98. The van der Waals surface area contributed by atoms with E-state index >= 15 is 0 Å². The third-order valence-electron chi connectivity index (χ3n) is 4.44. The van der Waals surface area contributed by atoms with Crippen LogP contribution in [0.1, 0.15) is 70.7 Å². The Morgan fingerprint density at radius 1 is 1.25 bits per heavy atom. The van der Waals surface area contributed by atoms with E-state index in [1.807, 2.05) is 30.4 Å². The molecule has 0 aliphatic carbocycles. The van der Waals surface area contributed by atoms with Crippen LogP contribution in [0.15, 0.2) is 0 Å². The smallest absolute Gasteiger partial charge is 0.265 e. The van der Waals surface area contributed by atoms with Crippen molar-refractivity contribution < 1.29 is 4.79 Å². The number of likely N-dealkylation sites (tertiary alicyclic amines) is 1. The van der Waals surface area contributed by atoms with Gasteiger partial charge in [-0.3, -0.25) is 4.79 Å². The monoisotopic (exact) mass is 347 g/mol. The zero-order chi connectivity index (χ0) is 17.4. The lowest BCUT2D eigenvalue weighted by Gasteiger charge is -2.33. The summed E-state index contributed by atoms with van der Waals surface area (Å²) >= 11 is 1.54. The lowest BCUT2D eigenvalue weighted by Crippen LogP contribution is -2.41. The molecule has 3 heterocycles. The molecule has 0 aromatic carbocycles. The van der Waals surface area contributed by atoms with Gasteiger partial charge in [-0.05, 0) is 33.6 Å². The van der Waals surface area contributed by atoms with E-state index in [0.717, 1.165) is 46.6 Å². The number of hydrogen-bond donors (Lipinski definition) is 0. The molecule has 1 saturated heterocycles. The van der Waals surface area contributed by atoms with E-state index < -0.39 is 0 Å². The number of carbonyl (C=O) groups is 1. The molecule has 2 aromatic rings. The lowest BCUT2D eigenvalue weighted by atomic mass is 10.1. The quantitative estimate of drug-likeness (QED) is 0.855. The Balaban J connectivity index is 1.79. The van der Waals surface area contributed by atoms with Crippen molar-refractivity contribution in [2.45, 2.75) is 59.4 Å². The fourth-order valence-electron chi connectivity index (χ4n) is 3.23.